The van der Waals surface area contributed by atoms with Gasteiger partial charge in [0.1, 0.15) is 5.75 Å². The predicted molar refractivity (Wildman–Crippen MR) is 121 cm³/mol. The van der Waals surface area contributed by atoms with Gasteiger partial charge in [-0.05, 0) is 73.5 Å². The maximum Gasteiger partial charge on any atom is 0.246 e. The number of likely N-dealkylation sites (N-methyl/N-ethyl adjacent to an activating group) is 1. The Kier molecular flexibility index (Phi) is 5.17. The number of nitrogens with zero attached hydrogens (tertiary/aromatic N) is 2. The average Bonchev–Trinajstić information content (AvgIpc) is 3.44. The summed E-state index contributed by atoms with van der Waals surface area (Å²) in [7, 11) is 3.70. The van der Waals surface area contributed by atoms with Crippen LogP contribution < -0.4 is 4.74 Å². The monoisotopic (exact) mass is 420 g/mol. The maximum atomic E-state index is 13.3. The molecule has 2 bridgehead atoms. The summed E-state index contributed by atoms with van der Waals surface area (Å²) >= 11 is 0. The number of amides is 1. The van der Waals surface area contributed by atoms with E-state index in [4.69, 9.17) is 9.15 Å². The minimum absolute atomic E-state index is 0.0436. The molecule has 2 aliphatic carbocycles. The number of likely N-dealkylation sites (tertiary alicyclic amines) is 1. The Bertz CT molecular complexity index is 979. The summed E-state index contributed by atoms with van der Waals surface area (Å²) in [6.45, 7) is 4.60. The number of piperidine rings is 1. The third kappa shape index (κ3) is 3.69. The lowest BCUT2D eigenvalue weighted by atomic mass is 9.61. The van der Waals surface area contributed by atoms with Crippen molar-refractivity contribution in [2.24, 2.45) is 5.92 Å². The van der Waals surface area contributed by atoms with E-state index in [-0.39, 0.29) is 17.4 Å². The molecule has 1 amide bonds. The molecule has 1 aliphatic heterocycles. The number of hydrogen-bond acceptors (Lipinski definition) is 4. The van der Waals surface area contributed by atoms with Crippen molar-refractivity contribution in [1.82, 2.24) is 9.80 Å². The summed E-state index contributed by atoms with van der Waals surface area (Å²) in [5, 5.41) is 0. The second-order valence-corrected chi connectivity index (χ2v) is 9.68. The Balaban J connectivity index is 1.50. The number of methoxy groups -OCH3 is 1. The first-order valence-electron chi connectivity index (χ1n) is 11.4. The molecule has 2 aromatic rings. The Morgan fingerprint density at radius 2 is 2.19 bits per heavy atom. The second-order valence-electron chi connectivity index (χ2n) is 9.68. The van der Waals surface area contributed by atoms with Crippen LogP contribution in [0.5, 0.6) is 5.75 Å². The van der Waals surface area contributed by atoms with Gasteiger partial charge in [-0.25, -0.2) is 0 Å². The first-order valence-corrected chi connectivity index (χ1v) is 11.4. The topological polar surface area (TPSA) is 45.9 Å². The third-order valence-electron chi connectivity index (χ3n) is 7.68. The molecule has 5 nitrogen and oxygen atoms in total. The van der Waals surface area contributed by atoms with E-state index in [2.05, 4.69) is 30.0 Å². The highest BCUT2D eigenvalue weighted by Crippen LogP contribution is 2.48. The van der Waals surface area contributed by atoms with E-state index in [1.165, 1.54) is 24.0 Å². The van der Waals surface area contributed by atoms with E-state index < -0.39 is 0 Å². The van der Waals surface area contributed by atoms with Crippen molar-refractivity contribution in [3.8, 4) is 5.75 Å². The van der Waals surface area contributed by atoms with Crippen molar-refractivity contribution in [2.75, 3.05) is 27.2 Å². The number of carbonyl (C=O) groups excluding carboxylic acids is 1. The van der Waals surface area contributed by atoms with Gasteiger partial charge in [0, 0.05) is 36.7 Å². The van der Waals surface area contributed by atoms with E-state index in [1.54, 1.807) is 25.7 Å². The number of rotatable bonds is 6. The van der Waals surface area contributed by atoms with Crippen molar-refractivity contribution < 1.29 is 13.9 Å². The first kappa shape index (κ1) is 20.4. The molecule has 1 saturated heterocycles. The number of hydrogen-bond donors (Lipinski definition) is 0. The SMILES string of the molecule is COc1ccc2c(c1)C1(C)CCN(CC3CC3)C(C2)[C@@H]1N(C)C(=O)/C=C/c1ccoc1. The molecule has 1 aromatic carbocycles. The lowest BCUT2D eigenvalue weighted by Crippen LogP contribution is -2.68. The van der Waals surface area contributed by atoms with Crippen LogP contribution in [0.25, 0.3) is 6.08 Å². The Morgan fingerprint density at radius 1 is 1.35 bits per heavy atom. The fraction of sp³-hybridized carbons (Fsp3) is 0.500. The Morgan fingerprint density at radius 3 is 2.90 bits per heavy atom. The van der Waals surface area contributed by atoms with E-state index in [0.717, 1.165) is 43.2 Å². The molecule has 1 saturated carbocycles. The van der Waals surface area contributed by atoms with Gasteiger partial charge in [-0.15, -0.1) is 0 Å². The molecule has 2 unspecified atom stereocenters. The van der Waals surface area contributed by atoms with Gasteiger partial charge < -0.3 is 14.1 Å². The summed E-state index contributed by atoms with van der Waals surface area (Å²) in [5.41, 5.74) is 3.56. The van der Waals surface area contributed by atoms with Crippen LogP contribution in [-0.4, -0.2) is 55.0 Å². The molecule has 5 heteroatoms. The lowest BCUT2D eigenvalue weighted by molar-refractivity contribution is -0.132. The minimum atomic E-state index is -0.0965. The van der Waals surface area contributed by atoms with Gasteiger partial charge >= 0.3 is 0 Å². The Hall–Kier alpha value is -2.53. The van der Waals surface area contributed by atoms with Gasteiger partial charge in [0.15, 0.2) is 0 Å². The largest absolute Gasteiger partial charge is 0.497 e. The summed E-state index contributed by atoms with van der Waals surface area (Å²) < 4.78 is 10.7. The number of fused-ring (bicyclic) bond motifs is 4. The van der Waals surface area contributed by atoms with Crippen molar-refractivity contribution in [1.29, 1.82) is 0 Å². The number of ether oxygens (including phenoxy) is 1. The molecular weight excluding hydrogens is 388 g/mol. The molecule has 2 heterocycles. The van der Waals surface area contributed by atoms with Crippen molar-refractivity contribution >= 4 is 12.0 Å². The zero-order valence-corrected chi connectivity index (χ0v) is 18.7. The zero-order chi connectivity index (χ0) is 21.6. The minimum Gasteiger partial charge on any atom is -0.497 e. The third-order valence-corrected chi connectivity index (χ3v) is 7.68. The number of furan rings is 1. The predicted octanol–water partition coefficient (Wildman–Crippen LogP) is 4.13. The first-order chi connectivity index (χ1) is 15.0. The highest BCUT2D eigenvalue weighted by Gasteiger charge is 2.53. The summed E-state index contributed by atoms with van der Waals surface area (Å²) in [6, 6.07) is 8.84. The van der Waals surface area contributed by atoms with E-state index >= 15 is 0 Å². The van der Waals surface area contributed by atoms with Gasteiger partial charge in [0.25, 0.3) is 0 Å². The number of benzene rings is 1. The van der Waals surface area contributed by atoms with Crippen molar-refractivity contribution in [3.05, 3.63) is 59.6 Å². The molecule has 31 heavy (non-hydrogen) atoms. The number of carbonyl (C=O) groups is 1. The van der Waals surface area contributed by atoms with E-state index in [0.29, 0.717) is 6.04 Å². The van der Waals surface area contributed by atoms with Crippen LogP contribution in [0.15, 0.2) is 47.3 Å². The molecule has 164 valence electrons. The molecule has 3 atom stereocenters. The fourth-order valence-electron chi connectivity index (χ4n) is 5.80. The van der Waals surface area contributed by atoms with Gasteiger partial charge in [-0.3, -0.25) is 9.69 Å². The zero-order valence-electron chi connectivity index (χ0n) is 18.7. The van der Waals surface area contributed by atoms with Crippen molar-refractivity contribution in [3.63, 3.8) is 0 Å². The van der Waals surface area contributed by atoms with Crippen LogP contribution in [0.2, 0.25) is 0 Å². The van der Waals surface area contributed by atoms with Gasteiger partial charge in [0.2, 0.25) is 5.91 Å². The smallest absolute Gasteiger partial charge is 0.246 e. The molecule has 2 fully saturated rings. The molecule has 3 aliphatic rings. The lowest BCUT2D eigenvalue weighted by Gasteiger charge is -2.58. The molecule has 0 N–H and O–H groups in total. The maximum absolute atomic E-state index is 13.3. The summed E-state index contributed by atoms with van der Waals surface area (Å²) in [5.74, 6) is 1.78. The second kappa shape index (κ2) is 7.86. The van der Waals surface area contributed by atoms with E-state index in [1.807, 2.05) is 24.1 Å². The van der Waals surface area contributed by atoms with Crippen LogP contribution in [0.4, 0.5) is 0 Å². The van der Waals surface area contributed by atoms with Crippen LogP contribution in [-0.2, 0) is 16.6 Å². The summed E-state index contributed by atoms with van der Waals surface area (Å²) in [4.78, 5) is 17.9. The van der Waals surface area contributed by atoms with Crippen LogP contribution in [0.1, 0.15) is 42.9 Å². The van der Waals surface area contributed by atoms with Crippen LogP contribution in [0, 0.1) is 5.92 Å². The summed E-state index contributed by atoms with van der Waals surface area (Å²) in [6.07, 6.45) is 11.5. The Labute approximate surface area is 184 Å². The molecule has 0 radical (unpaired) electrons. The highest BCUT2D eigenvalue weighted by atomic mass is 16.5. The van der Waals surface area contributed by atoms with Gasteiger partial charge in [0.05, 0.1) is 25.7 Å². The molecular formula is C26H32N2O3. The van der Waals surface area contributed by atoms with Gasteiger partial charge in [-0.1, -0.05) is 13.0 Å². The van der Waals surface area contributed by atoms with Gasteiger partial charge in [-0.2, -0.15) is 0 Å². The quantitative estimate of drug-likeness (QED) is 0.660. The molecule has 5 rings (SSSR count). The average molecular weight is 421 g/mol. The molecule has 0 spiro atoms. The normalized spacial score (nSPS) is 27.8. The van der Waals surface area contributed by atoms with E-state index in [9.17, 15) is 4.79 Å². The highest BCUT2D eigenvalue weighted by molar-refractivity contribution is 5.92. The van der Waals surface area contributed by atoms with Crippen molar-refractivity contribution in [2.45, 2.75) is 50.1 Å². The molecule has 1 aromatic heterocycles. The fourth-order valence-corrected chi connectivity index (χ4v) is 5.80. The standard InChI is InChI=1S/C26H32N2O3/c1-26-11-12-28(16-18-4-5-18)23(14-20-7-8-21(30-3)15-22(20)26)25(26)27(2)24(29)9-6-19-10-13-31-17-19/h6-10,13,15,17-18,23,25H,4-5,11-12,14,16H2,1-3H3/b9-6+/t23?,25-,26?/m0/s1. The van der Waals surface area contributed by atoms with Crippen LogP contribution in [0.3, 0.4) is 0 Å². The van der Waals surface area contributed by atoms with Crippen LogP contribution >= 0.6 is 0 Å².